The van der Waals surface area contributed by atoms with Crippen LogP contribution in [-0.4, -0.2) is 23.9 Å². The maximum Gasteiger partial charge on any atom is 0.147 e. The van der Waals surface area contributed by atoms with E-state index in [1.807, 2.05) is 24.3 Å². The topological polar surface area (TPSA) is 50.8 Å². The number of nitrogen functional groups attached to an aromatic ring is 1. The van der Waals surface area contributed by atoms with Crippen LogP contribution in [-0.2, 0) is 6.54 Å². The van der Waals surface area contributed by atoms with E-state index in [0.717, 1.165) is 30.4 Å². The first kappa shape index (κ1) is 13.5. The monoisotopic (exact) mass is 281 g/mol. The van der Waals surface area contributed by atoms with Gasteiger partial charge in [-0.05, 0) is 24.6 Å². The molecule has 2 aromatic rings. The maximum atomic E-state index is 5.78. The van der Waals surface area contributed by atoms with E-state index in [1.54, 1.807) is 0 Å². The maximum absolute atomic E-state index is 5.78. The van der Waals surface area contributed by atoms with E-state index in [1.165, 1.54) is 5.56 Å². The highest BCUT2D eigenvalue weighted by Gasteiger charge is 2.18. The number of ether oxygens (including phenoxy) is 1. The van der Waals surface area contributed by atoms with Crippen LogP contribution in [0.4, 0.5) is 11.4 Å². The minimum absolute atomic E-state index is 0.483. The summed E-state index contributed by atoms with van der Waals surface area (Å²) >= 11 is 0. The molecule has 0 unspecified atom stereocenters. The van der Waals surface area contributed by atoms with Crippen molar-refractivity contribution >= 4 is 17.2 Å². The van der Waals surface area contributed by atoms with Crippen molar-refractivity contribution in [3.8, 4) is 5.75 Å². The number of fused-ring (bicyclic) bond motifs is 1. The molecule has 4 nitrogen and oxygen atoms in total. The molecule has 21 heavy (non-hydrogen) atoms. The highest BCUT2D eigenvalue weighted by Crippen LogP contribution is 2.32. The first-order valence-electron chi connectivity index (χ1n) is 7.15. The molecule has 0 saturated heterocycles. The molecule has 0 aromatic heterocycles. The molecular weight excluding hydrogens is 262 g/mol. The Morgan fingerprint density at radius 3 is 2.76 bits per heavy atom. The molecule has 1 aliphatic heterocycles. The van der Waals surface area contributed by atoms with Gasteiger partial charge in [0.25, 0.3) is 0 Å². The minimum atomic E-state index is 0.483. The third-order valence-corrected chi connectivity index (χ3v) is 3.55. The van der Waals surface area contributed by atoms with E-state index >= 15 is 0 Å². The van der Waals surface area contributed by atoms with Crippen LogP contribution in [0.1, 0.15) is 12.5 Å². The summed E-state index contributed by atoms with van der Waals surface area (Å²) in [6.45, 7) is 4.34. The van der Waals surface area contributed by atoms with Crippen LogP contribution in [0.15, 0.2) is 53.5 Å². The van der Waals surface area contributed by atoms with Crippen LogP contribution in [0.5, 0.6) is 5.75 Å². The molecular formula is C17H19N3O. The number of hydrogen-bond acceptors (Lipinski definition) is 4. The molecule has 0 radical (unpaired) electrons. The van der Waals surface area contributed by atoms with Gasteiger partial charge in [0.2, 0.25) is 0 Å². The third-order valence-electron chi connectivity index (χ3n) is 3.55. The lowest BCUT2D eigenvalue weighted by molar-refractivity contribution is 0.330. The van der Waals surface area contributed by atoms with E-state index in [0.29, 0.717) is 12.3 Å². The molecule has 2 aromatic carbocycles. The second kappa shape index (κ2) is 5.87. The number of aliphatic imine (C=N–C) groups is 1. The quantitative estimate of drug-likeness (QED) is 0.879. The standard InChI is InChI=1S/C17H19N3O/c1-2-20(11-13-6-4-3-5-7-13)17-12-21-16-10-14(18)8-9-15(16)19-17/h3-10H,2,11-12,18H2,1H3. The molecule has 4 heteroatoms. The van der Waals surface area contributed by atoms with E-state index < -0.39 is 0 Å². The van der Waals surface area contributed by atoms with Crippen molar-refractivity contribution in [3.05, 3.63) is 54.1 Å². The van der Waals surface area contributed by atoms with Gasteiger partial charge in [-0.3, -0.25) is 0 Å². The predicted molar refractivity (Wildman–Crippen MR) is 86.0 cm³/mol. The van der Waals surface area contributed by atoms with Crippen LogP contribution >= 0.6 is 0 Å². The molecule has 0 spiro atoms. The zero-order valence-electron chi connectivity index (χ0n) is 12.1. The van der Waals surface area contributed by atoms with Gasteiger partial charge in [0, 0.05) is 24.8 Å². The second-order valence-electron chi connectivity index (χ2n) is 5.04. The van der Waals surface area contributed by atoms with Gasteiger partial charge in [0.05, 0.1) is 0 Å². The van der Waals surface area contributed by atoms with Crippen LogP contribution in [0, 0.1) is 0 Å². The fourth-order valence-electron chi connectivity index (χ4n) is 2.40. The lowest BCUT2D eigenvalue weighted by Gasteiger charge is -2.28. The highest BCUT2D eigenvalue weighted by molar-refractivity contribution is 5.89. The molecule has 1 aliphatic rings. The third kappa shape index (κ3) is 2.99. The largest absolute Gasteiger partial charge is 0.483 e. The smallest absolute Gasteiger partial charge is 0.147 e. The van der Waals surface area contributed by atoms with Crippen LogP contribution in [0.25, 0.3) is 0 Å². The lowest BCUT2D eigenvalue weighted by atomic mass is 10.2. The Hall–Kier alpha value is -2.49. The van der Waals surface area contributed by atoms with Crippen molar-refractivity contribution in [2.45, 2.75) is 13.5 Å². The summed E-state index contributed by atoms with van der Waals surface area (Å²) in [6.07, 6.45) is 0. The Bertz CT molecular complexity index is 652. The summed E-state index contributed by atoms with van der Waals surface area (Å²) in [6, 6.07) is 16.0. The number of hydrogen-bond donors (Lipinski definition) is 1. The first-order chi connectivity index (χ1) is 10.3. The van der Waals surface area contributed by atoms with Crippen LogP contribution in [0.2, 0.25) is 0 Å². The molecule has 108 valence electrons. The van der Waals surface area contributed by atoms with Gasteiger partial charge in [-0.2, -0.15) is 0 Å². The average molecular weight is 281 g/mol. The van der Waals surface area contributed by atoms with E-state index in [-0.39, 0.29) is 0 Å². The van der Waals surface area contributed by atoms with Gasteiger partial charge in [0.15, 0.2) is 0 Å². The Kier molecular flexibility index (Phi) is 3.77. The summed E-state index contributed by atoms with van der Waals surface area (Å²) in [5.74, 6) is 1.72. The van der Waals surface area contributed by atoms with E-state index in [4.69, 9.17) is 15.5 Å². The van der Waals surface area contributed by atoms with Crippen molar-refractivity contribution in [3.63, 3.8) is 0 Å². The van der Waals surface area contributed by atoms with Crippen molar-refractivity contribution in [2.75, 3.05) is 18.9 Å². The van der Waals surface area contributed by atoms with Crippen molar-refractivity contribution < 1.29 is 4.74 Å². The first-order valence-corrected chi connectivity index (χ1v) is 7.15. The molecule has 2 N–H and O–H groups in total. The fraction of sp³-hybridized carbons (Fsp3) is 0.235. The number of anilines is 1. The Morgan fingerprint density at radius 1 is 1.19 bits per heavy atom. The highest BCUT2D eigenvalue weighted by atomic mass is 16.5. The van der Waals surface area contributed by atoms with Gasteiger partial charge >= 0.3 is 0 Å². The summed E-state index contributed by atoms with van der Waals surface area (Å²) in [4.78, 5) is 6.95. The van der Waals surface area contributed by atoms with Gasteiger partial charge in [-0.1, -0.05) is 30.3 Å². The van der Waals surface area contributed by atoms with Crippen LogP contribution < -0.4 is 10.5 Å². The molecule has 0 aliphatic carbocycles. The molecule has 0 bridgehead atoms. The van der Waals surface area contributed by atoms with Crippen molar-refractivity contribution in [2.24, 2.45) is 4.99 Å². The molecule has 0 saturated carbocycles. The van der Waals surface area contributed by atoms with Gasteiger partial charge in [-0.25, -0.2) is 4.99 Å². The van der Waals surface area contributed by atoms with Crippen LogP contribution in [0.3, 0.4) is 0 Å². The SMILES string of the molecule is CCN(Cc1ccccc1)C1=Nc2ccc(N)cc2OC1. The lowest BCUT2D eigenvalue weighted by Crippen LogP contribution is -2.35. The number of rotatable bonds is 3. The molecule has 1 heterocycles. The minimum Gasteiger partial charge on any atom is -0.483 e. The number of nitrogens with zero attached hydrogens (tertiary/aromatic N) is 2. The second-order valence-corrected chi connectivity index (χ2v) is 5.04. The van der Waals surface area contributed by atoms with Crippen molar-refractivity contribution in [1.29, 1.82) is 0 Å². The Balaban J connectivity index is 1.83. The predicted octanol–water partition coefficient (Wildman–Crippen LogP) is 3.21. The summed E-state index contributed by atoms with van der Waals surface area (Å²) in [5.41, 5.74) is 8.58. The molecule has 0 fully saturated rings. The Morgan fingerprint density at radius 2 is 2.00 bits per heavy atom. The molecule has 0 atom stereocenters. The number of amidine groups is 1. The molecule has 3 rings (SSSR count). The zero-order chi connectivity index (χ0) is 14.7. The summed E-state index contributed by atoms with van der Waals surface area (Å²) < 4.78 is 5.78. The van der Waals surface area contributed by atoms with Crippen molar-refractivity contribution in [1.82, 2.24) is 4.90 Å². The fourth-order valence-corrected chi connectivity index (χ4v) is 2.40. The number of likely N-dealkylation sites (N-methyl/N-ethyl adjacent to an activating group) is 1. The Labute approximate surface area is 124 Å². The van der Waals surface area contributed by atoms with Gasteiger partial charge in [0.1, 0.15) is 23.9 Å². The van der Waals surface area contributed by atoms with E-state index in [2.05, 4.69) is 36.1 Å². The summed E-state index contributed by atoms with van der Waals surface area (Å²) in [7, 11) is 0. The number of benzene rings is 2. The zero-order valence-corrected chi connectivity index (χ0v) is 12.1. The summed E-state index contributed by atoms with van der Waals surface area (Å²) in [5, 5.41) is 0. The average Bonchev–Trinajstić information content (AvgIpc) is 2.53. The van der Waals surface area contributed by atoms with Gasteiger partial charge in [-0.15, -0.1) is 0 Å². The number of nitrogens with two attached hydrogens (primary N) is 1. The van der Waals surface area contributed by atoms with E-state index in [9.17, 15) is 0 Å². The normalized spacial score (nSPS) is 13.1. The molecule has 0 amide bonds. The van der Waals surface area contributed by atoms with Gasteiger partial charge < -0.3 is 15.4 Å².